The van der Waals surface area contributed by atoms with E-state index in [4.69, 9.17) is 9.68 Å². The van der Waals surface area contributed by atoms with Crippen molar-refractivity contribution in [1.29, 1.82) is 0 Å². The number of anilines is 3. The third-order valence-electron chi connectivity index (χ3n) is 7.13. The Hall–Kier alpha value is -5.89. The first kappa shape index (κ1) is 30.6. The van der Waals surface area contributed by atoms with Gasteiger partial charge in [0.1, 0.15) is 0 Å². The summed E-state index contributed by atoms with van der Waals surface area (Å²) >= 11 is 0. The van der Waals surface area contributed by atoms with Gasteiger partial charge in [0.15, 0.2) is 5.78 Å². The summed E-state index contributed by atoms with van der Waals surface area (Å²) in [6, 6.07) is 36.5. The van der Waals surface area contributed by atoms with E-state index in [0.29, 0.717) is 22.6 Å². The van der Waals surface area contributed by atoms with Crippen molar-refractivity contribution in [2.24, 2.45) is 10.3 Å². The Balaban J connectivity index is 1.50. The zero-order valence-corrected chi connectivity index (χ0v) is 25.4. The minimum atomic E-state index is -0.490. The topological polar surface area (TPSA) is 97.6 Å². The maximum Gasteiger partial charge on any atom is 0.331 e. The fourth-order valence-corrected chi connectivity index (χ4v) is 4.86. The van der Waals surface area contributed by atoms with Crippen LogP contribution in [-0.4, -0.2) is 29.1 Å². The number of rotatable bonds is 9. The van der Waals surface area contributed by atoms with E-state index >= 15 is 0 Å². The Morgan fingerprint density at radius 3 is 1.40 bits per heavy atom. The first-order valence-corrected chi connectivity index (χ1v) is 14.3. The zero-order chi connectivity index (χ0) is 31.9. The van der Waals surface area contributed by atoms with E-state index in [2.05, 4.69) is 15.2 Å². The molecule has 8 heteroatoms. The number of carbonyl (C=O) groups is 3. The molecule has 5 aromatic carbocycles. The first-order valence-electron chi connectivity index (χ1n) is 14.3. The minimum Gasteiger partial charge on any atom is -0.318 e. The summed E-state index contributed by atoms with van der Waals surface area (Å²) in [5.41, 5.74) is 6.48. The van der Waals surface area contributed by atoms with E-state index in [-0.39, 0.29) is 5.78 Å². The highest BCUT2D eigenvalue weighted by atomic mass is 16.7. The van der Waals surface area contributed by atoms with Crippen molar-refractivity contribution in [3.8, 4) is 0 Å². The van der Waals surface area contributed by atoms with Gasteiger partial charge in [-0.05, 0) is 84.3 Å². The molecule has 0 saturated heterocycles. The Morgan fingerprint density at radius 1 is 0.511 bits per heavy atom. The predicted octanol–water partition coefficient (Wildman–Crippen LogP) is 8.11. The number of hydrogen-bond acceptors (Lipinski definition) is 8. The second-order valence-electron chi connectivity index (χ2n) is 10.4. The molecular weight excluding hydrogens is 566 g/mol. The van der Waals surface area contributed by atoms with Gasteiger partial charge in [-0.3, -0.25) is 4.79 Å². The highest BCUT2D eigenvalue weighted by Crippen LogP contribution is 2.35. The second-order valence-corrected chi connectivity index (χ2v) is 10.4. The van der Waals surface area contributed by atoms with E-state index < -0.39 is 11.9 Å². The third kappa shape index (κ3) is 7.19. The van der Waals surface area contributed by atoms with Gasteiger partial charge in [-0.15, -0.1) is 0 Å². The Morgan fingerprint density at radius 2 is 0.933 bits per heavy atom. The maximum absolute atomic E-state index is 13.6. The van der Waals surface area contributed by atoms with Crippen LogP contribution in [0.1, 0.15) is 54.7 Å². The zero-order valence-electron chi connectivity index (χ0n) is 25.4. The molecule has 0 heterocycles. The Bertz CT molecular complexity index is 1850. The lowest BCUT2D eigenvalue weighted by atomic mass is 9.97. The van der Waals surface area contributed by atoms with Gasteiger partial charge in [-0.25, -0.2) is 9.59 Å². The number of oxime groups is 2. The summed E-state index contributed by atoms with van der Waals surface area (Å²) in [5.74, 6) is -1.03. The number of benzene rings is 5. The number of fused-ring (bicyclic) bond motifs is 1. The van der Waals surface area contributed by atoms with Gasteiger partial charge < -0.3 is 14.6 Å². The highest BCUT2D eigenvalue weighted by molar-refractivity contribution is 6.16. The molecule has 0 aliphatic heterocycles. The summed E-state index contributed by atoms with van der Waals surface area (Å²) < 4.78 is 0. The molecule has 0 amide bonds. The number of carbonyl (C=O) groups excluding carboxylic acids is 3. The molecule has 45 heavy (non-hydrogen) atoms. The molecule has 5 aromatic rings. The monoisotopic (exact) mass is 597 g/mol. The molecule has 5 rings (SSSR count). The molecule has 0 aromatic heterocycles. The van der Waals surface area contributed by atoms with Crippen molar-refractivity contribution >= 4 is 57.0 Å². The Kier molecular flexibility index (Phi) is 9.24. The summed E-state index contributed by atoms with van der Waals surface area (Å²) in [4.78, 5) is 47.6. The number of nitrogens with zero attached hydrogens (tertiary/aromatic N) is 3. The highest BCUT2D eigenvalue weighted by Gasteiger charge is 2.17. The molecule has 0 atom stereocenters. The van der Waals surface area contributed by atoms with Crippen LogP contribution in [0.3, 0.4) is 0 Å². The molecule has 0 aliphatic carbocycles. The normalized spacial score (nSPS) is 11.6. The van der Waals surface area contributed by atoms with Gasteiger partial charge in [0, 0.05) is 42.0 Å². The van der Waals surface area contributed by atoms with E-state index in [0.717, 1.165) is 39.0 Å². The quantitative estimate of drug-likeness (QED) is 0.0737. The minimum absolute atomic E-state index is 0.0521. The lowest BCUT2D eigenvalue weighted by molar-refractivity contribution is -0.141. The van der Waals surface area contributed by atoms with Crippen LogP contribution in [0.2, 0.25) is 0 Å². The standard InChI is InChI=1S/C37H31N3O5/c1-24(38-44-26(3)41)28-12-18-32(19-13-28)40(33-20-14-29(15-21-33)25(2)39-45-27(4)42)34-22-16-31(17-23-34)37(43)36-11-7-9-30-8-5-6-10-35(30)36/h5-23H,1-4H3/b38-24+,39-25+. The third-order valence-corrected chi connectivity index (χ3v) is 7.13. The largest absolute Gasteiger partial charge is 0.331 e. The van der Waals surface area contributed by atoms with Crippen LogP contribution in [-0.2, 0) is 19.3 Å². The van der Waals surface area contributed by atoms with Gasteiger partial charge in [-0.2, -0.15) is 0 Å². The molecule has 0 aliphatic rings. The molecule has 0 bridgehead atoms. The summed E-state index contributed by atoms with van der Waals surface area (Å²) in [5, 5.41) is 9.70. The smallest absolute Gasteiger partial charge is 0.318 e. The average molecular weight is 598 g/mol. The van der Waals surface area contributed by atoms with Gasteiger partial charge >= 0.3 is 11.9 Å². The molecule has 0 fully saturated rings. The number of hydrogen-bond donors (Lipinski definition) is 0. The van der Waals surface area contributed by atoms with Crippen molar-refractivity contribution in [2.75, 3.05) is 4.90 Å². The molecule has 8 nitrogen and oxygen atoms in total. The van der Waals surface area contributed by atoms with Crippen LogP contribution in [0.25, 0.3) is 10.8 Å². The van der Waals surface area contributed by atoms with Crippen LogP contribution in [0.15, 0.2) is 126 Å². The predicted molar refractivity (Wildman–Crippen MR) is 176 cm³/mol. The molecule has 0 saturated carbocycles. The summed E-state index contributed by atoms with van der Waals surface area (Å²) in [6.07, 6.45) is 0. The van der Waals surface area contributed by atoms with Crippen molar-refractivity contribution < 1.29 is 24.1 Å². The van der Waals surface area contributed by atoms with E-state index in [1.54, 1.807) is 13.8 Å². The molecule has 0 N–H and O–H groups in total. The van der Waals surface area contributed by atoms with Gasteiger partial charge in [-0.1, -0.05) is 77.0 Å². The lowest BCUT2D eigenvalue weighted by Gasteiger charge is -2.26. The lowest BCUT2D eigenvalue weighted by Crippen LogP contribution is -2.11. The molecule has 224 valence electrons. The summed E-state index contributed by atoms with van der Waals surface area (Å²) in [7, 11) is 0. The van der Waals surface area contributed by atoms with Crippen LogP contribution in [0.4, 0.5) is 17.1 Å². The van der Waals surface area contributed by atoms with Crippen molar-refractivity contribution in [3.05, 3.63) is 138 Å². The SMILES string of the molecule is CC(=O)O/N=C(\C)c1ccc(N(c2ccc(C(=O)c3cccc4ccccc34)cc2)c2ccc(/C(C)=N/OC(C)=O)cc2)cc1. The van der Waals surface area contributed by atoms with Crippen LogP contribution in [0, 0.1) is 0 Å². The number of ketones is 1. The fraction of sp³-hybridized carbons (Fsp3) is 0.108. The summed E-state index contributed by atoms with van der Waals surface area (Å²) in [6.45, 7) is 6.13. The average Bonchev–Trinajstić information content (AvgIpc) is 3.06. The van der Waals surface area contributed by atoms with E-state index in [1.807, 2.05) is 115 Å². The fourth-order valence-electron chi connectivity index (χ4n) is 4.86. The van der Waals surface area contributed by atoms with Gasteiger partial charge in [0.25, 0.3) is 0 Å². The van der Waals surface area contributed by atoms with E-state index in [1.165, 1.54) is 13.8 Å². The van der Waals surface area contributed by atoms with Crippen LogP contribution < -0.4 is 4.90 Å². The maximum atomic E-state index is 13.6. The van der Waals surface area contributed by atoms with Crippen molar-refractivity contribution in [3.63, 3.8) is 0 Å². The van der Waals surface area contributed by atoms with Crippen LogP contribution in [0.5, 0.6) is 0 Å². The molecule has 0 unspecified atom stereocenters. The van der Waals surface area contributed by atoms with Crippen molar-refractivity contribution in [1.82, 2.24) is 0 Å². The Labute approximate surface area is 261 Å². The van der Waals surface area contributed by atoms with Crippen LogP contribution >= 0.6 is 0 Å². The second kappa shape index (κ2) is 13.6. The first-order chi connectivity index (χ1) is 21.7. The molecule has 0 radical (unpaired) electrons. The van der Waals surface area contributed by atoms with E-state index in [9.17, 15) is 14.4 Å². The van der Waals surface area contributed by atoms with Gasteiger partial charge in [0.05, 0.1) is 11.4 Å². The molecule has 0 spiro atoms. The molecular formula is C37H31N3O5. The van der Waals surface area contributed by atoms with Crippen molar-refractivity contribution in [2.45, 2.75) is 27.7 Å². The van der Waals surface area contributed by atoms with Gasteiger partial charge in [0.2, 0.25) is 0 Å².